The number of ketones is 1. The summed E-state index contributed by atoms with van der Waals surface area (Å²) in [5, 5.41) is 55.6. The molecule has 0 aliphatic carbocycles. The number of carbonyl (C=O) groups excluding carboxylic acids is 2. The van der Waals surface area contributed by atoms with Gasteiger partial charge in [0.15, 0.2) is 5.78 Å². The van der Waals surface area contributed by atoms with E-state index in [9.17, 15) is 33.9 Å². The number of halogens is 7. The Morgan fingerprint density at radius 3 is 1.56 bits per heavy atom. The van der Waals surface area contributed by atoms with Crippen molar-refractivity contribution in [1.82, 2.24) is 0 Å². The number of fused-ring (bicyclic) bond motifs is 4. The number of ether oxygens (including phenoxy) is 5. The van der Waals surface area contributed by atoms with Crippen LogP contribution in [0.15, 0.2) is 141 Å². The van der Waals surface area contributed by atoms with Gasteiger partial charge in [-0.15, -0.1) is 0 Å². The lowest BCUT2D eigenvalue weighted by molar-refractivity contribution is -0.142. The fourth-order valence-electron chi connectivity index (χ4n) is 7.37. The van der Waals surface area contributed by atoms with E-state index in [-0.39, 0.29) is 54.1 Å². The van der Waals surface area contributed by atoms with Crippen molar-refractivity contribution in [2.75, 3.05) is 31.8 Å². The molecule has 82 heavy (non-hydrogen) atoms. The maximum Gasteiger partial charge on any atom is 0.338 e. The Morgan fingerprint density at radius 1 is 0.573 bits per heavy atom. The summed E-state index contributed by atoms with van der Waals surface area (Å²) in [6.07, 6.45) is -0.457. The van der Waals surface area contributed by atoms with E-state index in [0.717, 1.165) is 61.3 Å². The van der Waals surface area contributed by atoms with Crippen molar-refractivity contribution in [3.8, 4) is 0 Å². The van der Waals surface area contributed by atoms with Gasteiger partial charge < -0.3 is 54.3 Å². The van der Waals surface area contributed by atoms with Gasteiger partial charge in [-0.3, -0.25) is 9.59 Å². The fraction of sp³-hybridized carbons (Fsp3) is 0.236. The highest BCUT2D eigenvalue weighted by Crippen LogP contribution is 2.31. The number of cyclic esters (lactones) is 1. The summed E-state index contributed by atoms with van der Waals surface area (Å²) in [4.78, 5) is 66.0. The Bertz CT molecular complexity index is 3250. The smallest absolute Gasteiger partial charge is 0.338 e. The Kier molecular flexibility index (Phi) is 30.2. The summed E-state index contributed by atoms with van der Waals surface area (Å²) < 4.78 is 30.8. The number of hydrogen-bond donors (Lipinski definition) is 6. The summed E-state index contributed by atoms with van der Waals surface area (Å²) in [5.41, 5.74) is 17.1. The number of carboxylic acids is 4. The maximum absolute atomic E-state index is 11.3. The molecule has 434 valence electrons. The minimum atomic E-state index is -1.09. The van der Waals surface area contributed by atoms with Gasteiger partial charge in [0.2, 0.25) is 0 Å². The van der Waals surface area contributed by atoms with Crippen LogP contribution in [-0.4, -0.2) is 98.0 Å². The highest BCUT2D eigenvalue weighted by molar-refractivity contribution is 9.11. The van der Waals surface area contributed by atoms with E-state index in [4.69, 9.17) is 54.7 Å². The molecule has 2 atom stereocenters. The number of alkyl halides is 1. The number of azide groups is 1. The molecular formula is C55H48Br7N3O17. The van der Waals surface area contributed by atoms with Crippen molar-refractivity contribution < 1.29 is 83.1 Å². The van der Waals surface area contributed by atoms with Gasteiger partial charge in [-0.25, -0.2) is 19.2 Å². The third kappa shape index (κ3) is 23.1. The first kappa shape index (κ1) is 69.3. The second-order valence-corrected chi connectivity index (χ2v) is 22.9. The van der Waals surface area contributed by atoms with Gasteiger partial charge >= 0.3 is 29.8 Å². The standard InChI is InChI=1S/C10H9BrO5.C9H8BrN3O.C9H9BrO2.C9H7BrO2.C8H7BrO3.C8H5BrO2.C2H3BrO2/c11-7-1-2-8(10(14)15)6(3-7)4-16-5-9(12)13;10-7-1-2-8-6(3-7)4-14-5-9(8)12-13-11;2*10-7-1-2-8-6(3-7)4-12-5-9(8)11;9-6-1-2-7(8(11)12)5(3-6)4-10;9-6-1-2-7-5(3-6)4-11-8(7)10;3-1-2(4)5/h1-3H,4-5H2,(H,12,13)(H,14,15);1-3,9H,4-5H2;1-3,9,11H,4-5H2;1-3H,4-5H2;1-3,10H,4H2,(H,11,12);1-3H,4H2;1H2,(H,4,5). The normalized spacial score (nSPS) is 14.7. The molecule has 6 aromatic carbocycles. The van der Waals surface area contributed by atoms with E-state index in [1.165, 1.54) is 12.1 Å². The molecule has 6 aromatic rings. The molecule has 0 bridgehead atoms. The van der Waals surface area contributed by atoms with E-state index in [2.05, 4.69) is 122 Å². The van der Waals surface area contributed by atoms with Crippen molar-refractivity contribution >= 4 is 147 Å². The van der Waals surface area contributed by atoms with Crippen LogP contribution in [0.4, 0.5) is 0 Å². The summed E-state index contributed by atoms with van der Waals surface area (Å²) in [7, 11) is 0. The molecule has 27 heteroatoms. The highest BCUT2D eigenvalue weighted by atomic mass is 79.9. The molecule has 4 aliphatic rings. The van der Waals surface area contributed by atoms with Crippen LogP contribution in [0.3, 0.4) is 0 Å². The number of nitrogens with zero attached hydrogens (tertiary/aromatic N) is 3. The lowest BCUT2D eigenvalue weighted by atomic mass is 10.00. The minimum absolute atomic E-state index is 0.0347. The van der Waals surface area contributed by atoms with Crippen molar-refractivity contribution in [3.05, 3.63) is 213 Å². The number of Topliss-reactive ketones (excluding diaryl/α,β-unsaturated/α-hetero) is 1. The van der Waals surface area contributed by atoms with Gasteiger partial charge in [-0.2, -0.15) is 0 Å². The molecular weight excluding hydrogens is 1530 g/mol. The lowest BCUT2D eigenvalue weighted by Crippen LogP contribution is -2.17. The maximum atomic E-state index is 11.3. The number of benzene rings is 6. The Hall–Kier alpha value is -5.23. The number of aliphatic hydroxyl groups excluding tert-OH is 2. The summed E-state index contributed by atoms with van der Waals surface area (Å²) >= 11 is 22.5. The number of aromatic carboxylic acids is 2. The third-order valence-electron chi connectivity index (χ3n) is 11.1. The fourth-order valence-corrected chi connectivity index (χ4v) is 9.83. The van der Waals surface area contributed by atoms with E-state index < -0.39 is 36.6 Å². The van der Waals surface area contributed by atoms with Crippen molar-refractivity contribution in [3.63, 3.8) is 0 Å². The monoisotopic (exact) mass is 1570 g/mol. The summed E-state index contributed by atoms with van der Waals surface area (Å²) in [5.74, 6) is -4.15. The van der Waals surface area contributed by atoms with Crippen LogP contribution in [0.1, 0.15) is 98.1 Å². The second-order valence-electron chi connectivity index (χ2n) is 16.8. The van der Waals surface area contributed by atoms with Gasteiger partial charge in [-0.05, 0) is 142 Å². The molecule has 2 unspecified atom stereocenters. The molecule has 0 radical (unpaired) electrons. The molecule has 0 amide bonds. The zero-order chi connectivity index (χ0) is 60.5. The molecule has 4 heterocycles. The SMILES string of the molecule is O=C(O)CBr.O=C(O)COCc1cc(Br)ccc1C(=O)O.O=C(O)c1ccc(Br)cc1CO.O=C1COCc2cc(Br)ccc21.O=C1OCc2cc(Br)ccc21.OC1COCc2cc(Br)ccc21.[N-]=[N+]=NC1COCc2cc(Br)ccc21. The Labute approximate surface area is 527 Å². The minimum Gasteiger partial charge on any atom is -0.481 e. The van der Waals surface area contributed by atoms with E-state index in [0.29, 0.717) is 60.8 Å². The molecule has 6 N–H and O–H groups in total. The molecule has 0 fully saturated rings. The Balaban J connectivity index is 0.000000209. The van der Waals surface area contributed by atoms with E-state index in [1.807, 2.05) is 66.7 Å². The van der Waals surface area contributed by atoms with Crippen LogP contribution in [-0.2, 0) is 72.9 Å². The zero-order valence-electron chi connectivity index (χ0n) is 42.5. The number of carboxylic acid groups (broad SMARTS) is 4. The van der Waals surface area contributed by atoms with Gasteiger partial charge in [0.05, 0.1) is 69.0 Å². The second kappa shape index (κ2) is 35.8. The van der Waals surface area contributed by atoms with Gasteiger partial charge in [0.1, 0.15) is 31.3 Å². The lowest BCUT2D eigenvalue weighted by Gasteiger charge is -2.22. The third-order valence-corrected chi connectivity index (χ3v) is 14.5. The largest absolute Gasteiger partial charge is 0.481 e. The van der Waals surface area contributed by atoms with Crippen LogP contribution < -0.4 is 0 Å². The van der Waals surface area contributed by atoms with Crippen LogP contribution >= 0.6 is 112 Å². The average Bonchev–Trinajstić information content (AvgIpc) is 3.95. The van der Waals surface area contributed by atoms with Crippen LogP contribution in [0.25, 0.3) is 10.4 Å². The summed E-state index contributed by atoms with van der Waals surface area (Å²) in [6.45, 7) is 2.48. The van der Waals surface area contributed by atoms with Gasteiger partial charge in [-0.1, -0.05) is 129 Å². The van der Waals surface area contributed by atoms with E-state index >= 15 is 0 Å². The summed E-state index contributed by atoms with van der Waals surface area (Å²) in [6, 6.07) is 32.0. The number of carbonyl (C=O) groups is 6. The van der Waals surface area contributed by atoms with Crippen molar-refractivity contribution in [1.29, 1.82) is 0 Å². The first-order valence-corrected chi connectivity index (χ1v) is 29.4. The van der Waals surface area contributed by atoms with E-state index in [1.54, 1.807) is 30.3 Å². The molecule has 0 spiro atoms. The van der Waals surface area contributed by atoms with Crippen LogP contribution in [0.5, 0.6) is 0 Å². The number of rotatable bonds is 9. The van der Waals surface area contributed by atoms with Crippen LogP contribution in [0.2, 0.25) is 0 Å². The Morgan fingerprint density at radius 2 is 1.02 bits per heavy atom. The first-order chi connectivity index (χ1) is 39.0. The van der Waals surface area contributed by atoms with Gasteiger partial charge in [0.25, 0.3) is 0 Å². The molecule has 0 saturated carbocycles. The van der Waals surface area contributed by atoms with Crippen molar-refractivity contribution in [2.24, 2.45) is 5.11 Å². The number of aliphatic carboxylic acids is 2. The number of aliphatic hydroxyl groups is 2. The predicted molar refractivity (Wildman–Crippen MR) is 323 cm³/mol. The molecule has 20 nitrogen and oxygen atoms in total. The molecule has 4 aliphatic heterocycles. The van der Waals surface area contributed by atoms with Crippen molar-refractivity contribution in [2.45, 2.75) is 51.8 Å². The molecule has 0 saturated heterocycles. The van der Waals surface area contributed by atoms with Crippen LogP contribution in [0, 0.1) is 0 Å². The highest BCUT2D eigenvalue weighted by Gasteiger charge is 2.22. The average molecular weight is 1580 g/mol. The van der Waals surface area contributed by atoms with Gasteiger partial charge in [0, 0.05) is 42.9 Å². The number of hydrogen-bond acceptors (Lipinski definition) is 14. The topological polar surface area (TPSA) is 319 Å². The zero-order valence-corrected chi connectivity index (χ0v) is 53.6. The number of esters is 1. The molecule has 10 rings (SSSR count). The predicted octanol–water partition coefficient (Wildman–Crippen LogP) is 13.5. The quantitative estimate of drug-likeness (QED) is 0.0257. The first-order valence-electron chi connectivity index (χ1n) is 23.6. The molecule has 0 aromatic heterocycles.